The second-order valence-corrected chi connectivity index (χ2v) is 4.34. The number of hydrogen-bond donors (Lipinski definition) is 1. The van der Waals surface area contributed by atoms with Gasteiger partial charge in [0, 0.05) is 11.6 Å². The summed E-state index contributed by atoms with van der Waals surface area (Å²) in [7, 11) is 4.65. The fourth-order valence-corrected chi connectivity index (χ4v) is 2.12. The third-order valence-electron chi connectivity index (χ3n) is 3.18. The Labute approximate surface area is 123 Å². The van der Waals surface area contributed by atoms with Gasteiger partial charge in [-0.2, -0.15) is 0 Å². The summed E-state index contributed by atoms with van der Waals surface area (Å²) in [5.41, 5.74) is 7.27. The van der Waals surface area contributed by atoms with E-state index >= 15 is 0 Å². The molecule has 0 unspecified atom stereocenters. The zero-order valence-electron chi connectivity index (χ0n) is 12.2. The number of ether oxygens (including phenoxy) is 3. The average molecular weight is 287 g/mol. The minimum absolute atomic E-state index is 0.344. The van der Waals surface area contributed by atoms with Gasteiger partial charge >= 0.3 is 0 Å². The number of carbonyl (C=O) groups excluding carboxylic acids is 1. The van der Waals surface area contributed by atoms with Crippen molar-refractivity contribution < 1.29 is 19.0 Å². The largest absolute Gasteiger partial charge is 0.497 e. The highest BCUT2D eigenvalue weighted by Crippen LogP contribution is 2.37. The van der Waals surface area contributed by atoms with E-state index in [1.54, 1.807) is 19.2 Å². The molecule has 0 aliphatic carbocycles. The van der Waals surface area contributed by atoms with Crippen LogP contribution in [0.1, 0.15) is 10.4 Å². The van der Waals surface area contributed by atoms with Crippen molar-refractivity contribution in [3.63, 3.8) is 0 Å². The summed E-state index contributed by atoms with van der Waals surface area (Å²) in [6, 6.07) is 10.6. The van der Waals surface area contributed by atoms with E-state index in [-0.39, 0.29) is 0 Å². The predicted molar refractivity (Wildman–Crippen MR) is 80.1 cm³/mol. The lowest BCUT2D eigenvalue weighted by molar-refractivity contribution is 0.1000. The molecule has 0 saturated carbocycles. The van der Waals surface area contributed by atoms with Crippen LogP contribution in [0.5, 0.6) is 17.2 Å². The predicted octanol–water partition coefficient (Wildman–Crippen LogP) is 2.48. The van der Waals surface area contributed by atoms with Gasteiger partial charge in [-0.1, -0.05) is 12.1 Å². The second kappa shape index (κ2) is 6.17. The van der Waals surface area contributed by atoms with Gasteiger partial charge in [0.15, 0.2) is 0 Å². The standard InChI is InChI=1S/C16H17NO4/c1-19-11-6-4-10(5-7-11)15-13(16(17)18)8-12(20-2)9-14(15)21-3/h4-9H,1-3H3,(H2,17,18). The van der Waals surface area contributed by atoms with Gasteiger partial charge in [-0.05, 0) is 23.8 Å². The van der Waals surface area contributed by atoms with E-state index in [0.717, 1.165) is 11.3 Å². The molecular weight excluding hydrogens is 270 g/mol. The lowest BCUT2D eigenvalue weighted by Gasteiger charge is -2.14. The first-order chi connectivity index (χ1) is 10.1. The molecule has 0 saturated heterocycles. The van der Waals surface area contributed by atoms with Crippen molar-refractivity contribution in [1.82, 2.24) is 0 Å². The lowest BCUT2D eigenvalue weighted by atomic mass is 9.97. The molecule has 2 aromatic rings. The van der Waals surface area contributed by atoms with Gasteiger partial charge in [-0.15, -0.1) is 0 Å². The van der Waals surface area contributed by atoms with Crippen molar-refractivity contribution in [2.75, 3.05) is 21.3 Å². The highest BCUT2D eigenvalue weighted by Gasteiger charge is 2.18. The van der Waals surface area contributed by atoms with Crippen LogP contribution in [0.15, 0.2) is 36.4 Å². The third-order valence-corrected chi connectivity index (χ3v) is 3.18. The number of carbonyl (C=O) groups is 1. The molecule has 5 nitrogen and oxygen atoms in total. The van der Waals surface area contributed by atoms with E-state index in [1.807, 2.05) is 24.3 Å². The lowest BCUT2D eigenvalue weighted by Crippen LogP contribution is -2.13. The number of methoxy groups -OCH3 is 3. The summed E-state index contributed by atoms with van der Waals surface area (Å²) in [5.74, 6) is 1.22. The van der Waals surface area contributed by atoms with Crippen molar-refractivity contribution in [1.29, 1.82) is 0 Å². The molecule has 0 fully saturated rings. The highest BCUT2D eigenvalue weighted by atomic mass is 16.5. The maximum atomic E-state index is 11.7. The van der Waals surface area contributed by atoms with Crippen LogP contribution in [0, 0.1) is 0 Å². The summed E-state index contributed by atoms with van der Waals surface area (Å²) in [6.45, 7) is 0. The summed E-state index contributed by atoms with van der Waals surface area (Å²) in [4.78, 5) is 11.7. The van der Waals surface area contributed by atoms with Crippen LogP contribution >= 0.6 is 0 Å². The van der Waals surface area contributed by atoms with Crippen LogP contribution in [0.2, 0.25) is 0 Å². The molecule has 5 heteroatoms. The minimum atomic E-state index is -0.544. The van der Waals surface area contributed by atoms with Gasteiger partial charge in [-0.25, -0.2) is 0 Å². The second-order valence-electron chi connectivity index (χ2n) is 4.34. The molecule has 0 radical (unpaired) electrons. The van der Waals surface area contributed by atoms with Crippen molar-refractivity contribution in [2.45, 2.75) is 0 Å². The molecule has 2 N–H and O–H groups in total. The minimum Gasteiger partial charge on any atom is -0.497 e. The van der Waals surface area contributed by atoms with Crippen molar-refractivity contribution in [3.05, 3.63) is 42.0 Å². The van der Waals surface area contributed by atoms with Gasteiger partial charge in [0.25, 0.3) is 0 Å². The summed E-state index contributed by atoms with van der Waals surface area (Å²) >= 11 is 0. The van der Waals surface area contributed by atoms with E-state index < -0.39 is 5.91 Å². The normalized spacial score (nSPS) is 10.0. The maximum absolute atomic E-state index is 11.7. The van der Waals surface area contributed by atoms with E-state index in [0.29, 0.717) is 22.6 Å². The Kier molecular flexibility index (Phi) is 4.33. The molecule has 0 aliphatic rings. The van der Waals surface area contributed by atoms with Crippen molar-refractivity contribution >= 4 is 5.91 Å². The summed E-state index contributed by atoms with van der Waals surface area (Å²) in [6.07, 6.45) is 0. The number of primary amides is 1. The van der Waals surface area contributed by atoms with E-state index in [1.165, 1.54) is 14.2 Å². The van der Waals surface area contributed by atoms with E-state index in [9.17, 15) is 4.79 Å². The van der Waals surface area contributed by atoms with Gasteiger partial charge < -0.3 is 19.9 Å². The Morgan fingerprint density at radius 2 is 1.52 bits per heavy atom. The van der Waals surface area contributed by atoms with Gasteiger partial charge in [-0.3, -0.25) is 4.79 Å². The number of benzene rings is 2. The topological polar surface area (TPSA) is 70.8 Å². The van der Waals surface area contributed by atoms with Crippen LogP contribution in [0.3, 0.4) is 0 Å². The number of amides is 1. The van der Waals surface area contributed by atoms with Crippen molar-refractivity contribution in [2.24, 2.45) is 5.73 Å². The van der Waals surface area contributed by atoms with Crippen LogP contribution in [0.4, 0.5) is 0 Å². The first kappa shape index (κ1) is 14.7. The Hall–Kier alpha value is -2.69. The third kappa shape index (κ3) is 2.91. The molecule has 1 amide bonds. The Balaban J connectivity index is 2.66. The number of nitrogens with two attached hydrogens (primary N) is 1. The Morgan fingerprint density at radius 1 is 0.905 bits per heavy atom. The fourth-order valence-electron chi connectivity index (χ4n) is 2.12. The number of hydrogen-bond acceptors (Lipinski definition) is 4. The molecule has 0 spiro atoms. The Bertz CT molecular complexity index is 650. The van der Waals surface area contributed by atoms with Gasteiger partial charge in [0.2, 0.25) is 5.91 Å². The van der Waals surface area contributed by atoms with Crippen LogP contribution in [-0.4, -0.2) is 27.2 Å². The maximum Gasteiger partial charge on any atom is 0.249 e. The molecule has 0 bridgehead atoms. The molecule has 21 heavy (non-hydrogen) atoms. The van der Waals surface area contributed by atoms with Crippen LogP contribution in [-0.2, 0) is 0 Å². The molecule has 110 valence electrons. The molecule has 2 rings (SSSR count). The van der Waals surface area contributed by atoms with Crippen molar-refractivity contribution in [3.8, 4) is 28.4 Å². The van der Waals surface area contributed by atoms with Gasteiger partial charge in [0.05, 0.1) is 26.9 Å². The molecule has 0 heterocycles. The molecular formula is C16H17NO4. The monoisotopic (exact) mass is 287 g/mol. The SMILES string of the molecule is COc1ccc(-c2c(OC)cc(OC)cc2C(N)=O)cc1. The quantitative estimate of drug-likeness (QED) is 0.917. The van der Waals surface area contributed by atoms with E-state index in [4.69, 9.17) is 19.9 Å². The zero-order chi connectivity index (χ0) is 15.4. The highest BCUT2D eigenvalue weighted by molar-refractivity contribution is 6.02. The first-order valence-electron chi connectivity index (χ1n) is 6.31. The Morgan fingerprint density at radius 3 is 2.00 bits per heavy atom. The summed E-state index contributed by atoms with van der Waals surface area (Å²) < 4.78 is 15.7. The summed E-state index contributed by atoms with van der Waals surface area (Å²) in [5, 5.41) is 0. The fraction of sp³-hybridized carbons (Fsp3) is 0.188. The van der Waals surface area contributed by atoms with Crippen LogP contribution in [0.25, 0.3) is 11.1 Å². The van der Waals surface area contributed by atoms with Crippen LogP contribution < -0.4 is 19.9 Å². The molecule has 2 aromatic carbocycles. The number of rotatable bonds is 5. The molecule has 0 aliphatic heterocycles. The first-order valence-corrected chi connectivity index (χ1v) is 6.31. The molecule has 0 atom stereocenters. The zero-order valence-corrected chi connectivity index (χ0v) is 12.2. The molecule has 0 aromatic heterocycles. The average Bonchev–Trinajstić information content (AvgIpc) is 2.53. The smallest absolute Gasteiger partial charge is 0.249 e. The van der Waals surface area contributed by atoms with E-state index in [2.05, 4.69) is 0 Å². The van der Waals surface area contributed by atoms with Gasteiger partial charge in [0.1, 0.15) is 17.2 Å².